The molecule has 0 aliphatic heterocycles. The maximum absolute atomic E-state index is 12.9. The van der Waals surface area contributed by atoms with E-state index in [4.69, 9.17) is 4.98 Å². The molecule has 1 aliphatic carbocycles. The van der Waals surface area contributed by atoms with Crippen LogP contribution in [0.3, 0.4) is 0 Å². The smallest absolute Gasteiger partial charge is 0.251 e. The topological polar surface area (TPSA) is 76.0 Å². The third kappa shape index (κ3) is 4.24. The van der Waals surface area contributed by atoms with E-state index in [9.17, 15) is 9.59 Å². The van der Waals surface area contributed by atoms with E-state index >= 15 is 0 Å². The largest absolute Gasteiger partial charge is 0.343 e. The van der Waals surface area contributed by atoms with Gasteiger partial charge in [0.2, 0.25) is 5.91 Å². The van der Waals surface area contributed by atoms with E-state index in [1.54, 1.807) is 0 Å². The number of imidazole rings is 1. The van der Waals surface area contributed by atoms with Gasteiger partial charge in [0.1, 0.15) is 11.9 Å². The fourth-order valence-electron chi connectivity index (χ4n) is 4.55. The van der Waals surface area contributed by atoms with Crippen molar-refractivity contribution in [3.05, 3.63) is 101 Å². The summed E-state index contributed by atoms with van der Waals surface area (Å²) >= 11 is 0. The number of hydrogen-bond donors (Lipinski definition) is 2. The Morgan fingerprint density at radius 2 is 1.73 bits per heavy atom. The van der Waals surface area contributed by atoms with Crippen molar-refractivity contribution in [3.63, 3.8) is 0 Å². The average molecular weight is 439 g/mol. The molecule has 1 aliphatic rings. The second kappa shape index (κ2) is 8.90. The van der Waals surface area contributed by atoms with Crippen molar-refractivity contribution in [3.8, 4) is 0 Å². The molecule has 6 heteroatoms. The van der Waals surface area contributed by atoms with Gasteiger partial charge in [-0.15, -0.1) is 0 Å². The molecule has 0 fully saturated rings. The van der Waals surface area contributed by atoms with Gasteiger partial charge in [0.15, 0.2) is 0 Å². The Balaban J connectivity index is 1.33. The number of aryl methyl sites for hydroxylation is 3. The van der Waals surface area contributed by atoms with E-state index in [0.717, 1.165) is 41.7 Å². The summed E-state index contributed by atoms with van der Waals surface area (Å²) in [4.78, 5) is 30.3. The predicted octanol–water partition coefficient (Wildman–Crippen LogP) is 3.70. The highest BCUT2D eigenvalue weighted by molar-refractivity contribution is 5.96. The normalized spacial score (nSPS) is 13.5. The molecule has 1 aromatic heterocycles. The van der Waals surface area contributed by atoms with Crippen LogP contribution in [0.4, 0.5) is 0 Å². The van der Waals surface area contributed by atoms with Crippen molar-refractivity contribution in [1.82, 2.24) is 20.2 Å². The van der Waals surface area contributed by atoms with Crippen LogP contribution < -0.4 is 10.6 Å². The van der Waals surface area contributed by atoms with E-state index in [1.807, 2.05) is 84.4 Å². The maximum atomic E-state index is 12.9. The number of nitrogens with one attached hydrogen (secondary N) is 2. The lowest BCUT2D eigenvalue weighted by Gasteiger charge is -2.19. The molecular weight excluding hydrogens is 412 g/mol. The molecule has 0 spiro atoms. The van der Waals surface area contributed by atoms with Crippen LogP contribution in [0.25, 0.3) is 11.0 Å². The van der Waals surface area contributed by atoms with E-state index in [0.29, 0.717) is 5.56 Å². The first-order valence-corrected chi connectivity index (χ1v) is 11.3. The molecule has 1 heterocycles. The van der Waals surface area contributed by atoms with Gasteiger partial charge in [-0.05, 0) is 60.2 Å². The number of nitrogens with zero attached hydrogens (tertiary/aromatic N) is 2. The quantitative estimate of drug-likeness (QED) is 0.482. The molecule has 2 N–H and O–H groups in total. The fraction of sp³-hybridized carbons (Fsp3) is 0.222. The Hall–Kier alpha value is -3.93. The zero-order valence-electron chi connectivity index (χ0n) is 18.5. The van der Waals surface area contributed by atoms with Crippen LogP contribution in [0.5, 0.6) is 0 Å². The molecule has 3 aromatic carbocycles. The number of aromatic nitrogens is 2. The number of fused-ring (bicyclic) bond motifs is 2. The fourth-order valence-corrected chi connectivity index (χ4v) is 4.55. The zero-order valence-corrected chi connectivity index (χ0v) is 18.5. The molecule has 4 aromatic rings. The molecule has 166 valence electrons. The number of para-hydroxylation sites is 2. The standard InChI is InChI=1S/C27H26N4O2/c1-31-23-13-6-5-12-22(23)29-26(31)25(19-8-3-2-4-9-19)30-24(32)17-28-27(33)21-15-14-18-10-7-11-20(18)16-21/h2-6,8-9,12-16,25H,7,10-11,17H2,1H3,(H,28,33)(H,30,32). The Bertz CT molecular complexity index is 1330. The monoisotopic (exact) mass is 438 g/mol. The summed E-state index contributed by atoms with van der Waals surface area (Å²) in [6, 6.07) is 23.0. The second-order valence-electron chi connectivity index (χ2n) is 8.45. The van der Waals surface area contributed by atoms with Crippen LogP contribution in [0, 0.1) is 0 Å². The Morgan fingerprint density at radius 1 is 0.970 bits per heavy atom. The number of rotatable bonds is 6. The van der Waals surface area contributed by atoms with Gasteiger partial charge in [0, 0.05) is 12.6 Å². The molecule has 0 radical (unpaired) electrons. The van der Waals surface area contributed by atoms with Crippen molar-refractivity contribution in [2.45, 2.75) is 25.3 Å². The maximum Gasteiger partial charge on any atom is 0.251 e. The number of hydrogen-bond acceptors (Lipinski definition) is 3. The van der Waals surface area contributed by atoms with Crippen molar-refractivity contribution >= 4 is 22.8 Å². The van der Waals surface area contributed by atoms with Gasteiger partial charge in [0.25, 0.3) is 5.91 Å². The van der Waals surface area contributed by atoms with E-state index < -0.39 is 6.04 Å². The number of carbonyl (C=O) groups excluding carboxylic acids is 2. The van der Waals surface area contributed by atoms with Gasteiger partial charge >= 0.3 is 0 Å². The molecule has 2 amide bonds. The highest BCUT2D eigenvalue weighted by Crippen LogP contribution is 2.25. The Labute approximate surface area is 192 Å². The molecule has 0 saturated heterocycles. The van der Waals surface area contributed by atoms with Crippen LogP contribution in [0.2, 0.25) is 0 Å². The minimum atomic E-state index is -0.437. The molecule has 1 unspecified atom stereocenters. The summed E-state index contributed by atoms with van der Waals surface area (Å²) in [5.74, 6) is 0.227. The van der Waals surface area contributed by atoms with Gasteiger partial charge < -0.3 is 15.2 Å². The van der Waals surface area contributed by atoms with Crippen molar-refractivity contribution in [1.29, 1.82) is 0 Å². The summed E-state index contributed by atoms with van der Waals surface area (Å²) in [6.07, 6.45) is 3.21. The molecule has 6 nitrogen and oxygen atoms in total. The third-order valence-electron chi connectivity index (χ3n) is 6.29. The van der Waals surface area contributed by atoms with Crippen molar-refractivity contribution in [2.75, 3.05) is 6.54 Å². The number of carbonyl (C=O) groups is 2. The van der Waals surface area contributed by atoms with Crippen molar-refractivity contribution in [2.24, 2.45) is 7.05 Å². The van der Waals surface area contributed by atoms with Crippen LogP contribution in [0.1, 0.15) is 45.3 Å². The summed E-state index contributed by atoms with van der Waals surface area (Å²) < 4.78 is 2.00. The summed E-state index contributed by atoms with van der Waals surface area (Å²) in [5.41, 5.74) is 5.94. The van der Waals surface area contributed by atoms with Crippen LogP contribution in [0.15, 0.2) is 72.8 Å². The van der Waals surface area contributed by atoms with Crippen molar-refractivity contribution < 1.29 is 9.59 Å². The first-order chi connectivity index (χ1) is 16.1. The number of amides is 2. The summed E-state index contributed by atoms with van der Waals surface area (Å²) in [5, 5.41) is 5.82. The minimum Gasteiger partial charge on any atom is -0.343 e. The van der Waals surface area contributed by atoms with Gasteiger partial charge in [-0.25, -0.2) is 4.98 Å². The first kappa shape index (κ1) is 20.9. The van der Waals surface area contributed by atoms with Gasteiger partial charge in [-0.3, -0.25) is 9.59 Å². The lowest BCUT2D eigenvalue weighted by atomic mass is 10.1. The van der Waals surface area contributed by atoms with E-state index in [2.05, 4.69) is 10.6 Å². The third-order valence-corrected chi connectivity index (χ3v) is 6.29. The highest BCUT2D eigenvalue weighted by Gasteiger charge is 2.23. The minimum absolute atomic E-state index is 0.108. The lowest BCUT2D eigenvalue weighted by Crippen LogP contribution is -2.39. The van der Waals surface area contributed by atoms with E-state index in [-0.39, 0.29) is 18.4 Å². The van der Waals surface area contributed by atoms with E-state index in [1.165, 1.54) is 11.1 Å². The average Bonchev–Trinajstić information content (AvgIpc) is 3.45. The van der Waals surface area contributed by atoms with Gasteiger partial charge in [-0.2, -0.15) is 0 Å². The summed E-state index contributed by atoms with van der Waals surface area (Å²) in [7, 11) is 1.95. The molecule has 1 atom stereocenters. The summed E-state index contributed by atoms with van der Waals surface area (Å²) in [6.45, 7) is -0.108. The lowest BCUT2D eigenvalue weighted by molar-refractivity contribution is -0.120. The van der Waals surface area contributed by atoms with Crippen LogP contribution >= 0.6 is 0 Å². The van der Waals surface area contributed by atoms with Gasteiger partial charge in [-0.1, -0.05) is 48.5 Å². The molecule has 33 heavy (non-hydrogen) atoms. The Morgan fingerprint density at radius 3 is 2.55 bits per heavy atom. The first-order valence-electron chi connectivity index (χ1n) is 11.3. The molecular formula is C27H26N4O2. The zero-order chi connectivity index (χ0) is 22.8. The predicted molar refractivity (Wildman–Crippen MR) is 128 cm³/mol. The SMILES string of the molecule is Cn1c(C(NC(=O)CNC(=O)c2ccc3c(c2)CCC3)c2ccccc2)nc2ccccc21. The Kier molecular flexibility index (Phi) is 5.65. The highest BCUT2D eigenvalue weighted by atomic mass is 16.2. The molecule has 0 bridgehead atoms. The van der Waals surface area contributed by atoms with Crippen LogP contribution in [-0.2, 0) is 24.7 Å². The number of benzene rings is 3. The second-order valence-corrected chi connectivity index (χ2v) is 8.45. The molecule has 5 rings (SSSR count). The molecule has 0 saturated carbocycles. The van der Waals surface area contributed by atoms with Gasteiger partial charge in [0.05, 0.1) is 17.6 Å². The van der Waals surface area contributed by atoms with Crippen LogP contribution in [-0.4, -0.2) is 27.9 Å².